The van der Waals surface area contributed by atoms with Crippen molar-refractivity contribution in [2.45, 2.75) is 4.90 Å². The number of thiophene rings is 2. The first kappa shape index (κ1) is 9.52. The molecule has 0 fully saturated rings. The van der Waals surface area contributed by atoms with Crippen LogP contribution in [0.25, 0.3) is 9.40 Å². The van der Waals surface area contributed by atoms with Gasteiger partial charge in [-0.1, -0.05) is 0 Å². The molecular weight excluding hydrogens is 340 g/mol. The fourth-order valence-corrected chi connectivity index (χ4v) is 6.31. The van der Waals surface area contributed by atoms with Gasteiger partial charge in [-0.25, -0.2) is 0 Å². The molecule has 0 unspecified atom stereocenters. The lowest BCUT2D eigenvalue weighted by atomic mass is 10.5. The van der Waals surface area contributed by atoms with Gasteiger partial charge >= 0.3 is 0 Å². The number of hydrogen-bond acceptors (Lipinski definition) is 3. The van der Waals surface area contributed by atoms with Gasteiger partial charge in [0, 0.05) is 9.85 Å². The molecule has 0 saturated heterocycles. The van der Waals surface area contributed by atoms with Crippen molar-refractivity contribution in [3.05, 3.63) is 13.6 Å². The first-order valence-corrected chi connectivity index (χ1v) is 7.63. The largest absolute Gasteiger partial charge is 0.140 e. The lowest BCUT2D eigenvalue weighted by Gasteiger charge is -1.88. The van der Waals surface area contributed by atoms with Crippen LogP contribution in [0.4, 0.5) is 0 Å². The average molecular weight is 344 g/mol. The molecule has 0 aliphatic heterocycles. The Balaban J connectivity index is 2.82. The Kier molecular flexibility index (Phi) is 2.87. The van der Waals surface area contributed by atoms with Gasteiger partial charge in [-0.05, 0) is 38.1 Å². The molecule has 0 aromatic carbocycles. The topological polar surface area (TPSA) is 0 Å². The fourth-order valence-electron chi connectivity index (χ4n) is 0.976. The highest BCUT2D eigenvalue weighted by atomic mass is 79.9. The van der Waals surface area contributed by atoms with Crippen LogP contribution < -0.4 is 0 Å². The van der Waals surface area contributed by atoms with Crippen LogP contribution in [-0.2, 0) is 0 Å². The molecule has 0 aliphatic carbocycles. The molecule has 0 N–H and O–H groups in total. The third-order valence-electron chi connectivity index (χ3n) is 1.48. The number of thioether (sulfide) groups is 1. The maximum absolute atomic E-state index is 3.57. The molecule has 0 amide bonds. The van der Waals surface area contributed by atoms with E-state index in [4.69, 9.17) is 0 Å². The van der Waals surface area contributed by atoms with Crippen LogP contribution in [0.1, 0.15) is 0 Å². The maximum Gasteiger partial charge on any atom is 0.0855 e. The van der Waals surface area contributed by atoms with Gasteiger partial charge in [-0.15, -0.1) is 34.4 Å². The molecule has 0 spiro atoms. The second kappa shape index (κ2) is 3.61. The first-order chi connectivity index (χ1) is 5.74. The first-order valence-electron chi connectivity index (χ1n) is 3.13. The highest BCUT2D eigenvalue weighted by Gasteiger charge is 2.12. The fraction of sp³-hybridized carbons (Fsp3) is 0.143. The van der Waals surface area contributed by atoms with Crippen LogP contribution in [-0.4, -0.2) is 6.26 Å². The number of rotatable bonds is 1. The normalized spacial score (nSPS) is 11.2. The van der Waals surface area contributed by atoms with E-state index in [-0.39, 0.29) is 0 Å². The van der Waals surface area contributed by atoms with Gasteiger partial charge in [0.25, 0.3) is 0 Å². The van der Waals surface area contributed by atoms with Crippen LogP contribution in [0.5, 0.6) is 0 Å². The molecule has 0 bridgehead atoms. The summed E-state index contributed by atoms with van der Waals surface area (Å²) in [6, 6.07) is 0. The molecule has 0 radical (unpaired) electrons. The number of hydrogen-bond donors (Lipinski definition) is 0. The van der Waals surface area contributed by atoms with Gasteiger partial charge in [0.1, 0.15) is 0 Å². The zero-order valence-corrected chi connectivity index (χ0v) is 11.7. The minimum absolute atomic E-state index is 1.22. The Bertz CT molecular complexity index is 415. The minimum Gasteiger partial charge on any atom is -0.140 e. The molecule has 5 heteroatoms. The smallest absolute Gasteiger partial charge is 0.0855 e. The molecule has 0 saturated carbocycles. The van der Waals surface area contributed by atoms with Crippen molar-refractivity contribution in [1.29, 1.82) is 0 Å². The zero-order valence-electron chi connectivity index (χ0n) is 6.06. The van der Waals surface area contributed by atoms with Crippen LogP contribution in [0.15, 0.2) is 18.5 Å². The summed E-state index contributed by atoms with van der Waals surface area (Å²) < 4.78 is 5.22. The van der Waals surface area contributed by atoms with Crippen molar-refractivity contribution in [3.8, 4) is 0 Å². The lowest BCUT2D eigenvalue weighted by Crippen LogP contribution is -1.58. The lowest BCUT2D eigenvalue weighted by molar-refractivity contribution is 1.66. The quantitative estimate of drug-likeness (QED) is 0.640. The van der Waals surface area contributed by atoms with Crippen molar-refractivity contribution in [1.82, 2.24) is 0 Å². The van der Waals surface area contributed by atoms with Crippen LogP contribution in [0, 0.1) is 0 Å². The molecule has 0 atom stereocenters. The second-order valence-corrected chi connectivity index (χ2v) is 7.04. The summed E-state index contributed by atoms with van der Waals surface area (Å²) in [5.41, 5.74) is 0. The SMILES string of the molecule is CSc1c(Br)sc2c(Br)csc12. The molecule has 2 aromatic rings. The van der Waals surface area contributed by atoms with Gasteiger partial charge in [-0.2, -0.15) is 0 Å². The van der Waals surface area contributed by atoms with E-state index in [9.17, 15) is 0 Å². The van der Waals surface area contributed by atoms with E-state index in [2.05, 4.69) is 43.5 Å². The third-order valence-corrected chi connectivity index (χ3v) is 7.03. The summed E-state index contributed by atoms with van der Waals surface area (Å²) in [4.78, 5) is 1.37. The Morgan fingerprint density at radius 3 is 2.75 bits per heavy atom. The summed E-state index contributed by atoms with van der Waals surface area (Å²) in [6.45, 7) is 0. The van der Waals surface area contributed by atoms with Crippen molar-refractivity contribution in [2.24, 2.45) is 0 Å². The van der Waals surface area contributed by atoms with E-state index in [0.717, 1.165) is 0 Å². The van der Waals surface area contributed by atoms with Crippen LogP contribution >= 0.6 is 66.3 Å². The summed E-state index contributed by atoms with van der Waals surface area (Å²) in [7, 11) is 0. The summed E-state index contributed by atoms with van der Waals surface area (Å²) in [6.07, 6.45) is 2.11. The molecular formula is C7H4Br2S3. The van der Waals surface area contributed by atoms with Crippen molar-refractivity contribution in [3.63, 3.8) is 0 Å². The number of fused-ring (bicyclic) bond motifs is 1. The van der Waals surface area contributed by atoms with Gasteiger partial charge in [0.15, 0.2) is 0 Å². The van der Waals surface area contributed by atoms with E-state index < -0.39 is 0 Å². The molecule has 0 aliphatic rings. The van der Waals surface area contributed by atoms with E-state index in [0.29, 0.717) is 0 Å². The molecule has 2 heterocycles. The molecule has 2 aromatic heterocycles. The van der Waals surface area contributed by atoms with Gasteiger partial charge < -0.3 is 0 Å². The summed E-state index contributed by atoms with van der Waals surface area (Å²) >= 11 is 12.5. The van der Waals surface area contributed by atoms with E-state index >= 15 is 0 Å². The standard InChI is InChI=1S/C7H4Br2S3/c1-10-6-5-4(12-7(6)9)3(8)2-11-5/h2H,1H3. The predicted octanol–water partition coefficient (Wildman–Crippen LogP) is 5.21. The van der Waals surface area contributed by atoms with Gasteiger partial charge in [0.05, 0.1) is 18.1 Å². The van der Waals surface area contributed by atoms with E-state index in [1.54, 1.807) is 34.4 Å². The maximum atomic E-state index is 3.57. The molecule has 0 nitrogen and oxygen atoms in total. The number of halogens is 2. The Morgan fingerprint density at radius 2 is 2.08 bits per heavy atom. The van der Waals surface area contributed by atoms with Crippen molar-refractivity contribution >= 4 is 75.7 Å². The van der Waals surface area contributed by atoms with E-state index in [1.165, 1.54) is 22.6 Å². The Morgan fingerprint density at radius 1 is 1.33 bits per heavy atom. The Hall–Kier alpha value is 0.970. The molecule has 2 rings (SSSR count). The van der Waals surface area contributed by atoms with Crippen LogP contribution in [0.2, 0.25) is 0 Å². The Labute approximate surface area is 99.6 Å². The molecule has 12 heavy (non-hydrogen) atoms. The second-order valence-electron chi connectivity index (χ2n) is 2.15. The van der Waals surface area contributed by atoms with Crippen molar-refractivity contribution < 1.29 is 0 Å². The van der Waals surface area contributed by atoms with E-state index in [1.807, 2.05) is 0 Å². The summed E-state index contributed by atoms with van der Waals surface area (Å²) in [5.74, 6) is 0. The predicted molar refractivity (Wildman–Crippen MR) is 66.9 cm³/mol. The molecule has 64 valence electrons. The monoisotopic (exact) mass is 342 g/mol. The highest BCUT2D eigenvalue weighted by molar-refractivity contribution is 9.11. The zero-order chi connectivity index (χ0) is 8.72. The van der Waals surface area contributed by atoms with Crippen molar-refractivity contribution in [2.75, 3.05) is 6.26 Å². The summed E-state index contributed by atoms with van der Waals surface area (Å²) in [5, 5.41) is 2.15. The minimum atomic E-state index is 1.22. The van der Waals surface area contributed by atoms with Gasteiger partial charge in [-0.3, -0.25) is 0 Å². The highest BCUT2D eigenvalue weighted by Crippen LogP contribution is 2.46. The van der Waals surface area contributed by atoms with Crippen LogP contribution in [0.3, 0.4) is 0 Å². The third kappa shape index (κ3) is 1.39. The average Bonchev–Trinajstić information content (AvgIpc) is 2.52. The van der Waals surface area contributed by atoms with Gasteiger partial charge in [0.2, 0.25) is 0 Å².